The summed E-state index contributed by atoms with van der Waals surface area (Å²) in [6, 6.07) is 17.2. The van der Waals surface area contributed by atoms with Gasteiger partial charge in [-0.3, -0.25) is 20.3 Å². The van der Waals surface area contributed by atoms with Gasteiger partial charge in [0.05, 0.1) is 29.6 Å². The Morgan fingerprint density at radius 3 is 2.45 bits per heavy atom. The molecule has 0 aliphatic heterocycles. The van der Waals surface area contributed by atoms with Gasteiger partial charge in [-0.1, -0.05) is 40.2 Å². The molecule has 0 radical (unpaired) electrons. The molecule has 0 aliphatic rings. The number of methoxy groups -OCH3 is 1. The third kappa shape index (κ3) is 5.58. The first-order valence-corrected chi connectivity index (χ1v) is 11.1. The number of hydrogen-bond acceptors (Lipinski definition) is 7. The summed E-state index contributed by atoms with van der Waals surface area (Å²) in [4.78, 5) is 10.2. The number of nitrogens with zero attached hydrogens (tertiary/aromatic N) is 2. The number of sulfonamides is 1. The highest BCUT2D eigenvalue weighted by molar-refractivity contribution is 9.10. The van der Waals surface area contributed by atoms with E-state index in [9.17, 15) is 18.5 Å². The van der Waals surface area contributed by atoms with Crippen molar-refractivity contribution in [1.82, 2.24) is 0 Å². The Kier molecular flexibility index (Phi) is 6.88. The van der Waals surface area contributed by atoms with Crippen LogP contribution in [0.3, 0.4) is 0 Å². The molecule has 0 spiro atoms. The van der Waals surface area contributed by atoms with Crippen molar-refractivity contribution in [2.24, 2.45) is 5.10 Å². The van der Waals surface area contributed by atoms with E-state index in [0.717, 1.165) is 16.1 Å². The summed E-state index contributed by atoms with van der Waals surface area (Å²) in [5.41, 5.74) is 3.31. The summed E-state index contributed by atoms with van der Waals surface area (Å²) in [7, 11) is -2.80. The van der Waals surface area contributed by atoms with Crippen LogP contribution in [0.4, 0.5) is 17.1 Å². The topological polar surface area (TPSA) is 123 Å². The van der Waals surface area contributed by atoms with Gasteiger partial charge in [0.2, 0.25) is 0 Å². The lowest BCUT2D eigenvalue weighted by atomic mass is 10.2. The number of anilines is 2. The predicted octanol–water partition coefficient (Wildman–Crippen LogP) is 4.61. The highest BCUT2D eigenvalue weighted by Crippen LogP contribution is 2.31. The van der Waals surface area contributed by atoms with Crippen molar-refractivity contribution in [2.75, 3.05) is 17.3 Å². The van der Waals surface area contributed by atoms with E-state index >= 15 is 0 Å². The van der Waals surface area contributed by atoms with Gasteiger partial charge in [-0.05, 0) is 35.9 Å². The van der Waals surface area contributed by atoms with Gasteiger partial charge in [0.1, 0.15) is 10.6 Å². The molecule has 0 saturated heterocycles. The molecule has 0 atom stereocenters. The van der Waals surface area contributed by atoms with Crippen LogP contribution in [0, 0.1) is 10.1 Å². The summed E-state index contributed by atoms with van der Waals surface area (Å²) in [6.07, 6.45) is 1.50. The lowest BCUT2D eigenvalue weighted by molar-refractivity contribution is -0.385. The Balaban J connectivity index is 1.95. The first-order chi connectivity index (χ1) is 14.8. The van der Waals surface area contributed by atoms with Gasteiger partial charge < -0.3 is 4.74 Å². The third-order valence-corrected chi connectivity index (χ3v) is 6.02. The molecule has 0 heterocycles. The van der Waals surface area contributed by atoms with Crippen molar-refractivity contribution in [1.29, 1.82) is 0 Å². The van der Waals surface area contributed by atoms with Gasteiger partial charge >= 0.3 is 0 Å². The number of nitrogens with one attached hydrogen (secondary N) is 2. The molecule has 0 fully saturated rings. The maximum absolute atomic E-state index is 13.0. The summed E-state index contributed by atoms with van der Waals surface area (Å²) in [5, 5.41) is 15.2. The first kappa shape index (κ1) is 22.2. The average molecular weight is 505 g/mol. The zero-order valence-corrected chi connectivity index (χ0v) is 18.6. The fourth-order valence-corrected chi connectivity index (χ4v) is 4.10. The number of nitro groups is 1. The quantitative estimate of drug-likeness (QED) is 0.262. The van der Waals surface area contributed by atoms with Gasteiger partial charge in [0.15, 0.2) is 0 Å². The van der Waals surface area contributed by atoms with Gasteiger partial charge in [-0.25, -0.2) is 8.42 Å². The molecular weight excluding hydrogens is 488 g/mol. The zero-order valence-electron chi connectivity index (χ0n) is 16.2. The molecule has 0 unspecified atom stereocenters. The zero-order chi connectivity index (χ0) is 22.4. The summed E-state index contributed by atoms with van der Waals surface area (Å²) in [5.74, 6) is 0.305. The average Bonchev–Trinajstić information content (AvgIpc) is 2.75. The minimum Gasteiger partial charge on any atom is -0.495 e. The molecule has 0 amide bonds. The van der Waals surface area contributed by atoms with Crippen LogP contribution in [-0.4, -0.2) is 26.7 Å². The van der Waals surface area contributed by atoms with E-state index in [0.29, 0.717) is 5.75 Å². The second kappa shape index (κ2) is 9.58. The number of halogens is 1. The highest BCUT2D eigenvalue weighted by Gasteiger charge is 2.23. The molecule has 3 rings (SSSR count). The van der Waals surface area contributed by atoms with Gasteiger partial charge in [-0.15, -0.1) is 0 Å². The largest absolute Gasteiger partial charge is 0.495 e. The summed E-state index contributed by atoms with van der Waals surface area (Å²) >= 11 is 3.34. The van der Waals surface area contributed by atoms with Crippen LogP contribution in [0.25, 0.3) is 0 Å². The Labute approximate surface area is 187 Å². The van der Waals surface area contributed by atoms with E-state index < -0.39 is 14.9 Å². The lowest BCUT2D eigenvalue weighted by Crippen LogP contribution is -2.15. The molecule has 11 heteroatoms. The number of nitro benzene ring substituents is 1. The third-order valence-electron chi connectivity index (χ3n) is 4.09. The number of para-hydroxylation sites is 2. The fourth-order valence-electron chi connectivity index (χ4n) is 2.59. The van der Waals surface area contributed by atoms with Crippen molar-refractivity contribution in [3.8, 4) is 5.75 Å². The van der Waals surface area contributed by atoms with Gasteiger partial charge in [0.25, 0.3) is 15.7 Å². The van der Waals surface area contributed by atoms with Crippen molar-refractivity contribution < 1.29 is 18.1 Å². The van der Waals surface area contributed by atoms with E-state index in [2.05, 4.69) is 31.2 Å². The van der Waals surface area contributed by atoms with Crippen LogP contribution >= 0.6 is 15.9 Å². The Morgan fingerprint density at radius 1 is 1.06 bits per heavy atom. The van der Waals surface area contributed by atoms with Gasteiger partial charge in [-0.2, -0.15) is 5.10 Å². The molecule has 0 saturated carbocycles. The van der Waals surface area contributed by atoms with Gasteiger partial charge in [0, 0.05) is 16.6 Å². The number of non-ortho nitro benzene ring substituents is 1. The Hall–Kier alpha value is -3.44. The normalized spacial score (nSPS) is 11.3. The number of rotatable bonds is 8. The second-order valence-electron chi connectivity index (χ2n) is 6.16. The molecule has 0 aliphatic carbocycles. The van der Waals surface area contributed by atoms with E-state index in [-0.39, 0.29) is 22.0 Å². The molecule has 3 aromatic carbocycles. The minimum absolute atomic E-state index is 0.0707. The maximum Gasteiger partial charge on any atom is 0.270 e. The van der Waals surface area contributed by atoms with E-state index in [1.807, 2.05) is 24.3 Å². The molecular formula is C20H17BrN4O5S. The second-order valence-corrected chi connectivity index (χ2v) is 8.73. The molecule has 0 aromatic heterocycles. The van der Waals surface area contributed by atoms with Crippen LogP contribution in [0.15, 0.2) is 81.2 Å². The van der Waals surface area contributed by atoms with Crippen LogP contribution < -0.4 is 14.9 Å². The number of benzene rings is 3. The lowest BCUT2D eigenvalue weighted by Gasteiger charge is -2.14. The SMILES string of the molecule is COc1ccccc1NS(=O)(=O)c1cc([N+](=O)[O-])ccc1N/N=C/c1ccc(Br)cc1. The van der Waals surface area contributed by atoms with Crippen LogP contribution in [0.1, 0.15) is 5.56 Å². The molecule has 2 N–H and O–H groups in total. The Morgan fingerprint density at radius 2 is 1.77 bits per heavy atom. The smallest absolute Gasteiger partial charge is 0.270 e. The van der Waals surface area contributed by atoms with Crippen molar-refractivity contribution in [3.63, 3.8) is 0 Å². The molecule has 31 heavy (non-hydrogen) atoms. The van der Waals surface area contributed by atoms with Crippen LogP contribution in [-0.2, 0) is 10.0 Å². The number of ether oxygens (including phenoxy) is 1. The monoisotopic (exact) mass is 504 g/mol. The standard InChI is InChI=1S/C20H17BrN4O5S/c1-30-19-5-3-2-4-17(19)24-31(28,29)20-12-16(25(26)27)10-11-18(20)23-22-13-14-6-8-15(21)9-7-14/h2-13,23-24H,1H3/b22-13+. The number of hydrogen-bond donors (Lipinski definition) is 2. The molecule has 9 nitrogen and oxygen atoms in total. The van der Waals surface area contributed by atoms with Crippen molar-refractivity contribution >= 4 is 49.2 Å². The van der Waals surface area contributed by atoms with E-state index in [1.165, 1.54) is 31.5 Å². The highest BCUT2D eigenvalue weighted by atomic mass is 79.9. The van der Waals surface area contributed by atoms with E-state index in [1.54, 1.807) is 18.2 Å². The fraction of sp³-hybridized carbons (Fsp3) is 0.0500. The molecule has 3 aromatic rings. The predicted molar refractivity (Wildman–Crippen MR) is 122 cm³/mol. The maximum atomic E-state index is 13.0. The van der Waals surface area contributed by atoms with E-state index in [4.69, 9.17) is 4.74 Å². The molecule has 160 valence electrons. The first-order valence-electron chi connectivity index (χ1n) is 8.79. The summed E-state index contributed by atoms with van der Waals surface area (Å²) < 4.78 is 34.6. The van der Waals surface area contributed by atoms with Crippen molar-refractivity contribution in [3.05, 3.63) is 86.9 Å². The van der Waals surface area contributed by atoms with Crippen molar-refractivity contribution in [2.45, 2.75) is 4.90 Å². The van der Waals surface area contributed by atoms with Crippen LogP contribution in [0.2, 0.25) is 0 Å². The summed E-state index contributed by atoms with van der Waals surface area (Å²) in [6.45, 7) is 0. The van der Waals surface area contributed by atoms with Crippen LogP contribution in [0.5, 0.6) is 5.75 Å². The minimum atomic E-state index is -4.21. The number of hydrazone groups is 1. The molecule has 0 bridgehead atoms. The Bertz CT molecular complexity index is 1230.